The Bertz CT molecular complexity index is 1050. The van der Waals surface area contributed by atoms with Crippen LogP contribution in [0, 0.1) is 6.92 Å². The van der Waals surface area contributed by atoms with Crippen molar-refractivity contribution in [2.45, 2.75) is 19.1 Å². The van der Waals surface area contributed by atoms with E-state index in [9.17, 15) is 5.11 Å². The van der Waals surface area contributed by atoms with Gasteiger partial charge in [-0.05, 0) is 48.9 Å². The fourth-order valence-electron chi connectivity index (χ4n) is 3.50. The number of hydrogen-bond acceptors (Lipinski definition) is 4. The molecule has 3 aromatic rings. The Morgan fingerprint density at radius 3 is 2.55 bits per heavy atom. The fraction of sp³-hybridized carbons (Fsp3) is 0.167. The molecule has 1 aliphatic heterocycles. The Balaban J connectivity index is 1.78. The lowest BCUT2D eigenvalue weighted by Gasteiger charge is -2.33. The third kappa shape index (κ3) is 4.31. The van der Waals surface area contributed by atoms with Crippen molar-refractivity contribution in [2.75, 3.05) is 7.11 Å². The standard InChI is InChI=1S/C24H23BrN2O2/c1-15-6-8-16(9-7-15)24-26-21(17-4-3-5-19(12-17)29-2)14-22(27-24)20-13-18(25)10-11-23(20)28/h3-14,22,24,26-28H,1-2H3. The molecule has 0 aromatic heterocycles. The minimum absolute atomic E-state index is 0.106. The predicted octanol–water partition coefficient (Wildman–Crippen LogP) is 5.45. The lowest BCUT2D eigenvalue weighted by atomic mass is 9.97. The van der Waals surface area contributed by atoms with Gasteiger partial charge in [0.05, 0.1) is 13.2 Å². The summed E-state index contributed by atoms with van der Waals surface area (Å²) < 4.78 is 6.32. The Morgan fingerprint density at radius 1 is 1.00 bits per heavy atom. The van der Waals surface area contributed by atoms with Crippen LogP contribution in [0.2, 0.25) is 0 Å². The summed E-state index contributed by atoms with van der Waals surface area (Å²) in [7, 11) is 1.67. The molecule has 148 valence electrons. The monoisotopic (exact) mass is 450 g/mol. The number of aromatic hydroxyl groups is 1. The predicted molar refractivity (Wildman–Crippen MR) is 120 cm³/mol. The molecule has 0 aliphatic carbocycles. The van der Waals surface area contributed by atoms with E-state index in [1.807, 2.05) is 30.3 Å². The van der Waals surface area contributed by atoms with Gasteiger partial charge in [0, 0.05) is 21.3 Å². The average Bonchev–Trinajstić information content (AvgIpc) is 2.75. The Labute approximate surface area is 179 Å². The van der Waals surface area contributed by atoms with Gasteiger partial charge in [-0.25, -0.2) is 0 Å². The van der Waals surface area contributed by atoms with Crippen LogP contribution in [0.25, 0.3) is 5.70 Å². The van der Waals surface area contributed by atoms with Crippen LogP contribution in [-0.4, -0.2) is 12.2 Å². The maximum Gasteiger partial charge on any atom is 0.120 e. The highest BCUT2D eigenvalue weighted by Gasteiger charge is 2.26. The summed E-state index contributed by atoms with van der Waals surface area (Å²) in [5.41, 5.74) is 5.18. The van der Waals surface area contributed by atoms with Gasteiger partial charge in [0.25, 0.3) is 0 Å². The van der Waals surface area contributed by atoms with Gasteiger partial charge in [0.2, 0.25) is 0 Å². The van der Waals surface area contributed by atoms with Crippen LogP contribution in [0.3, 0.4) is 0 Å². The molecular weight excluding hydrogens is 428 g/mol. The molecule has 0 radical (unpaired) electrons. The molecule has 0 saturated heterocycles. The molecular formula is C24H23BrN2O2. The molecule has 2 unspecified atom stereocenters. The topological polar surface area (TPSA) is 53.5 Å². The van der Waals surface area contributed by atoms with Crippen molar-refractivity contribution in [3.05, 3.63) is 99.5 Å². The Kier molecular flexibility index (Phi) is 5.60. The van der Waals surface area contributed by atoms with E-state index in [0.29, 0.717) is 0 Å². The average molecular weight is 451 g/mol. The Morgan fingerprint density at radius 2 is 1.79 bits per heavy atom. The first-order valence-corrected chi connectivity index (χ1v) is 10.3. The van der Waals surface area contributed by atoms with Crippen molar-refractivity contribution in [1.29, 1.82) is 0 Å². The number of halogens is 1. The van der Waals surface area contributed by atoms with Crippen molar-refractivity contribution in [3.63, 3.8) is 0 Å². The van der Waals surface area contributed by atoms with Crippen molar-refractivity contribution < 1.29 is 9.84 Å². The first-order valence-electron chi connectivity index (χ1n) is 9.47. The van der Waals surface area contributed by atoms with E-state index in [0.717, 1.165) is 32.6 Å². The summed E-state index contributed by atoms with van der Waals surface area (Å²) in [5.74, 6) is 1.06. The molecule has 4 rings (SSSR count). The Hall–Kier alpha value is -2.76. The minimum atomic E-state index is -0.166. The molecule has 0 amide bonds. The summed E-state index contributed by atoms with van der Waals surface area (Å²) >= 11 is 3.52. The van der Waals surface area contributed by atoms with Gasteiger partial charge in [-0.15, -0.1) is 0 Å². The number of benzene rings is 3. The summed E-state index contributed by atoms with van der Waals surface area (Å²) in [6.07, 6.45) is 1.99. The lowest BCUT2D eigenvalue weighted by Crippen LogP contribution is -2.39. The van der Waals surface area contributed by atoms with E-state index in [-0.39, 0.29) is 18.0 Å². The van der Waals surface area contributed by atoms with E-state index >= 15 is 0 Å². The molecule has 4 nitrogen and oxygen atoms in total. The number of aryl methyl sites for hydroxylation is 1. The number of ether oxygens (including phenoxy) is 1. The van der Waals surface area contributed by atoms with Gasteiger partial charge in [0.1, 0.15) is 17.7 Å². The van der Waals surface area contributed by atoms with E-state index in [1.54, 1.807) is 13.2 Å². The van der Waals surface area contributed by atoms with E-state index < -0.39 is 0 Å². The summed E-state index contributed by atoms with van der Waals surface area (Å²) in [5, 5.41) is 17.7. The minimum Gasteiger partial charge on any atom is -0.508 e. The van der Waals surface area contributed by atoms with Crippen LogP contribution in [0.4, 0.5) is 0 Å². The van der Waals surface area contributed by atoms with Crippen LogP contribution in [0.1, 0.15) is 34.5 Å². The molecule has 3 N–H and O–H groups in total. The molecule has 1 heterocycles. The molecule has 0 saturated carbocycles. The van der Waals surface area contributed by atoms with Crippen molar-refractivity contribution in [1.82, 2.24) is 10.6 Å². The number of methoxy groups -OCH3 is 1. The molecule has 5 heteroatoms. The molecule has 0 fully saturated rings. The van der Waals surface area contributed by atoms with E-state index in [4.69, 9.17) is 4.74 Å². The SMILES string of the molecule is COc1cccc(C2=CC(c3cc(Br)ccc3O)NC(c3ccc(C)cc3)N2)c1. The third-order valence-corrected chi connectivity index (χ3v) is 5.59. The molecule has 29 heavy (non-hydrogen) atoms. The van der Waals surface area contributed by atoms with Gasteiger partial charge < -0.3 is 15.2 Å². The van der Waals surface area contributed by atoms with Crippen LogP contribution in [0.5, 0.6) is 11.5 Å². The van der Waals surface area contributed by atoms with Crippen LogP contribution < -0.4 is 15.4 Å². The number of hydrogen-bond donors (Lipinski definition) is 3. The van der Waals surface area contributed by atoms with Gasteiger partial charge in [-0.2, -0.15) is 0 Å². The molecule has 2 atom stereocenters. The first kappa shape index (κ1) is 19.6. The maximum atomic E-state index is 10.5. The van der Waals surface area contributed by atoms with Crippen LogP contribution >= 0.6 is 15.9 Å². The van der Waals surface area contributed by atoms with Gasteiger partial charge in [0.15, 0.2) is 0 Å². The third-order valence-electron chi connectivity index (χ3n) is 5.10. The second-order valence-corrected chi connectivity index (χ2v) is 8.06. The maximum absolute atomic E-state index is 10.5. The smallest absolute Gasteiger partial charge is 0.120 e. The molecule has 3 aromatic carbocycles. The summed E-state index contributed by atoms with van der Waals surface area (Å²) in [6, 6.07) is 21.7. The van der Waals surface area contributed by atoms with Crippen molar-refractivity contribution >= 4 is 21.6 Å². The number of rotatable bonds is 4. The van der Waals surface area contributed by atoms with Crippen LogP contribution in [-0.2, 0) is 0 Å². The zero-order chi connectivity index (χ0) is 20.4. The van der Waals surface area contributed by atoms with Gasteiger partial charge >= 0.3 is 0 Å². The van der Waals surface area contributed by atoms with Gasteiger partial charge in [-0.1, -0.05) is 57.9 Å². The second kappa shape index (κ2) is 8.31. The highest BCUT2D eigenvalue weighted by Crippen LogP contribution is 2.35. The highest BCUT2D eigenvalue weighted by molar-refractivity contribution is 9.10. The first-order chi connectivity index (χ1) is 14.0. The normalized spacial score (nSPS) is 18.7. The number of nitrogens with one attached hydrogen (secondary N) is 2. The number of phenolic OH excluding ortho intramolecular Hbond substituents is 1. The summed E-state index contributed by atoms with van der Waals surface area (Å²) in [4.78, 5) is 0. The van der Waals surface area contributed by atoms with Crippen molar-refractivity contribution in [3.8, 4) is 11.5 Å². The fourth-order valence-corrected chi connectivity index (χ4v) is 3.88. The largest absolute Gasteiger partial charge is 0.508 e. The molecule has 0 bridgehead atoms. The van der Waals surface area contributed by atoms with Crippen molar-refractivity contribution in [2.24, 2.45) is 0 Å². The quantitative estimate of drug-likeness (QED) is 0.494. The van der Waals surface area contributed by atoms with Crippen LogP contribution in [0.15, 0.2) is 77.3 Å². The van der Waals surface area contributed by atoms with E-state index in [2.05, 4.69) is 69.9 Å². The van der Waals surface area contributed by atoms with E-state index in [1.165, 1.54) is 5.56 Å². The second-order valence-electron chi connectivity index (χ2n) is 7.15. The molecule has 1 aliphatic rings. The van der Waals surface area contributed by atoms with Gasteiger partial charge in [-0.3, -0.25) is 5.32 Å². The zero-order valence-electron chi connectivity index (χ0n) is 16.3. The highest BCUT2D eigenvalue weighted by atomic mass is 79.9. The summed E-state index contributed by atoms with van der Waals surface area (Å²) in [6.45, 7) is 2.08. The lowest BCUT2D eigenvalue weighted by molar-refractivity contribution is 0.413. The number of phenols is 1. The zero-order valence-corrected chi connectivity index (χ0v) is 17.9. The molecule has 0 spiro atoms.